The highest BCUT2D eigenvalue weighted by Crippen LogP contribution is 2.22. The van der Waals surface area contributed by atoms with E-state index in [1.54, 1.807) is 0 Å². The van der Waals surface area contributed by atoms with Gasteiger partial charge in [0, 0.05) is 19.1 Å². The second-order valence-corrected chi connectivity index (χ2v) is 4.51. The molecule has 15 heavy (non-hydrogen) atoms. The monoisotopic (exact) mass is 214 g/mol. The molecule has 4 heteroatoms. The Hall–Kier alpha value is -0.610. The van der Waals surface area contributed by atoms with Gasteiger partial charge in [-0.3, -0.25) is 4.79 Å². The standard InChI is InChI=1S/C11H22N2O2/c1-4-15-10(14)11(12)5-7-13(8-6-11)9(2)3/h9H,4-8,12H2,1-3H3. The topological polar surface area (TPSA) is 55.6 Å². The van der Waals surface area contributed by atoms with Gasteiger partial charge in [0.15, 0.2) is 0 Å². The largest absolute Gasteiger partial charge is 0.465 e. The molecule has 1 rings (SSSR count). The van der Waals surface area contributed by atoms with Crippen LogP contribution in [0.3, 0.4) is 0 Å². The third-order valence-electron chi connectivity index (χ3n) is 3.10. The number of rotatable bonds is 3. The molecule has 1 fully saturated rings. The van der Waals surface area contributed by atoms with Crippen LogP contribution in [0.2, 0.25) is 0 Å². The molecular formula is C11H22N2O2. The molecule has 0 aromatic carbocycles. The molecule has 1 aliphatic heterocycles. The SMILES string of the molecule is CCOC(=O)C1(N)CCN(C(C)C)CC1. The fraction of sp³-hybridized carbons (Fsp3) is 0.909. The Morgan fingerprint density at radius 3 is 2.40 bits per heavy atom. The molecule has 4 nitrogen and oxygen atoms in total. The van der Waals surface area contributed by atoms with Crippen molar-refractivity contribution >= 4 is 5.97 Å². The van der Waals surface area contributed by atoms with Crippen LogP contribution < -0.4 is 5.73 Å². The Balaban J connectivity index is 2.50. The maximum Gasteiger partial charge on any atom is 0.326 e. The highest BCUT2D eigenvalue weighted by atomic mass is 16.5. The molecule has 0 atom stereocenters. The zero-order chi connectivity index (χ0) is 11.5. The molecule has 1 heterocycles. The first-order chi connectivity index (χ1) is 6.99. The lowest BCUT2D eigenvalue weighted by Gasteiger charge is -2.39. The number of nitrogens with two attached hydrogens (primary N) is 1. The molecule has 0 aliphatic carbocycles. The molecule has 2 N–H and O–H groups in total. The lowest BCUT2D eigenvalue weighted by Crippen LogP contribution is -2.57. The normalized spacial score (nSPS) is 21.7. The van der Waals surface area contributed by atoms with Crippen molar-refractivity contribution in [3.8, 4) is 0 Å². The fourth-order valence-electron chi connectivity index (χ4n) is 1.92. The van der Waals surface area contributed by atoms with Crippen LogP contribution >= 0.6 is 0 Å². The second-order valence-electron chi connectivity index (χ2n) is 4.51. The number of esters is 1. The van der Waals surface area contributed by atoms with E-state index in [0.29, 0.717) is 25.5 Å². The van der Waals surface area contributed by atoms with E-state index in [1.807, 2.05) is 6.92 Å². The maximum atomic E-state index is 11.6. The predicted octanol–water partition coefficient (Wildman–Crippen LogP) is 0.751. The number of likely N-dealkylation sites (tertiary alicyclic amines) is 1. The Labute approximate surface area is 91.8 Å². The minimum absolute atomic E-state index is 0.242. The Morgan fingerprint density at radius 1 is 1.47 bits per heavy atom. The number of hydrogen-bond acceptors (Lipinski definition) is 4. The smallest absolute Gasteiger partial charge is 0.326 e. The van der Waals surface area contributed by atoms with E-state index in [2.05, 4.69) is 18.7 Å². The average Bonchev–Trinajstić information content (AvgIpc) is 2.18. The first-order valence-corrected chi connectivity index (χ1v) is 5.70. The molecule has 88 valence electrons. The molecule has 1 aliphatic rings. The number of piperidine rings is 1. The zero-order valence-corrected chi connectivity index (χ0v) is 9.95. The average molecular weight is 214 g/mol. The van der Waals surface area contributed by atoms with E-state index in [9.17, 15) is 4.79 Å². The Kier molecular flexibility index (Phi) is 4.11. The zero-order valence-electron chi connectivity index (χ0n) is 9.95. The van der Waals surface area contributed by atoms with Crippen molar-refractivity contribution in [2.45, 2.75) is 45.2 Å². The molecular weight excluding hydrogens is 192 g/mol. The van der Waals surface area contributed by atoms with Crippen LogP contribution in [0.1, 0.15) is 33.6 Å². The first kappa shape index (κ1) is 12.5. The van der Waals surface area contributed by atoms with Gasteiger partial charge in [0.05, 0.1) is 6.61 Å². The lowest BCUT2D eigenvalue weighted by molar-refractivity contribution is -0.151. The molecule has 0 amide bonds. The van der Waals surface area contributed by atoms with Crippen LogP contribution in [-0.2, 0) is 9.53 Å². The van der Waals surface area contributed by atoms with E-state index in [0.717, 1.165) is 13.1 Å². The van der Waals surface area contributed by atoms with Gasteiger partial charge in [0.1, 0.15) is 5.54 Å². The molecule has 0 radical (unpaired) electrons. The highest BCUT2D eigenvalue weighted by Gasteiger charge is 2.39. The van der Waals surface area contributed by atoms with E-state index in [4.69, 9.17) is 10.5 Å². The van der Waals surface area contributed by atoms with E-state index in [-0.39, 0.29) is 5.97 Å². The van der Waals surface area contributed by atoms with Crippen molar-refractivity contribution in [3.05, 3.63) is 0 Å². The van der Waals surface area contributed by atoms with E-state index >= 15 is 0 Å². The lowest BCUT2D eigenvalue weighted by atomic mass is 9.88. The van der Waals surface area contributed by atoms with Crippen LogP contribution in [0.25, 0.3) is 0 Å². The van der Waals surface area contributed by atoms with Crippen LogP contribution in [0.15, 0.2) is 0 Å². The van der Waals surface area contributed by atoms with Crippen molar-refractivity contribution in [3.63, 3.8) is 0 Å². The fourth-order valence-corrected chi connectivity index (χ4v) is 1.92. The molecule has 0 saturated carbocycles. The van der Waals surface area contributed by atoms with Crippen molar-refractivity contribution in [2.75, 3.05) is 19.7 Å². The summed E-state index contributed by atoms with van der Waals surface area (Å²) >= 11 is 0. The van der Waals surface area contributed by atoms with Crippen LogP contribution in [0.5, 0.6) is 0 Å². The number of carbonyl (C=O) groups excluding carboxylic acids is 1. The summed E-state index contributed by atoms with van der Waals surface area (Å²) in [7, 11) is 0. The van der Waals surface area contributed by atoms with Crippen molar-refractivity contribution in [1.29, 1.82) is 0 Å². The van der Waals surface area contributed by atoms with Gasteiger partial charge >= 0.3 is 5.97 Å². The van der Waals surface area contributed by atoms with Gasteiger partial charge in [-0.2, -0.15) is 0 Å². The number of carbonyl (C=O) groups is 1. The molecule has 0 unspecified atom stereocenters. The Morgan fingerprint density at radius 2 is 2.00 bits per heavy atom. The van der Waals surface area contributed by atoms with Gasteiger partial charge in [0.2, 0.25) is 0 Å². The quantitative estimate of drug-likeness (QED) is 0.704. The summed E-state index contributed by atoms with van der Waals surface area (Å²) in [5.74, 6) is -0.242. The van der Waals surface area contributed by atoms with E-state index in [1.165, 1.54) is 0 Å². The number of hydrogen-bond donors (Lipinski definition) is 1. The summed E-state index contributed by atoms with van der Waals surface area (Å²) in [6, 6.07) is 0.525. The summed E-state index contributed by atoms with van der Waals surface area (Å²) in [5, 5.41) is 0. The molecule has 0 aromatic heterocycles. The minimum atomic E-state index is -0.749. The molecule has 0 bridgehead atoms. The highest BCUT2D eigenvalue weighted by molar-refractivity contribution is 5.80. The summed E-state index contributed by atoms with van der Waals surface area (Å²) < 4.78 is 5.00. The van der Waals surface area contributed by atoms with Crippen LogP contribution in [-0.4, -0.2) is 42.1 Å². The van der Waals surface area contributed by atoms with Gasteiger partial charge in [-0.1, -0.05) is 0 Å². The van der Waals surface area contributed by atoms with Gasteiger partial charge in [0.25, 0.3) is 0 Å². The van der Waals surface area contributed by atoms with Crippen molar-refractivity contribution in [1.82, 2.24) is 4.90 Å². The summed E-state index contributed by atoms with van der Waals surface area (Å²) in [5.41, 5.74) is 5.30. The van der Waals surface area contributed by atoms with Crippen molar-refractivity contribution < 1.29 is 9.53 Å². The van der Waals surface area contributed by atoms with E-state index < -0.39 is 5.54 Å². The summed E-state index contributed by atoms with van der Waals surface area (Å²) in [6.07, 6.45) is 1.40. The summed E-state index contributed by atoms with van der Waals surface area (Å²) in [6.45, 7) is 8.30. The minimum Gasteiger partial charge on any atom is -0.465 e. The van der Waals surface area contributed by atoms with Crippen LogP contribution in [0, 0.1) is 0 Å². The third-order valence-corrected chi connectivity index (χ3v) is 3.10. The van der Waals surface area contributed by atoms with Gasteiger partial charge < -0.3 is 15.4 Å². The van der Waals surface area contributed by atoms with Gasteiger partial charge in [-0.15, -0.1) is 0 Å². The number of nitrogens with zero attached hydrogens (tertiary/aromatic N) is 1. The van der Waals surface area contributed by atoms with Crippen molar-refractivity contribution in [2.24, 2.45) is 5.73 Å². The molecule has 0 spiro atoms. The second kappa shape index (κ2) is 4.94. The molecule has 0 aromatic rings. The predicted molar refractivity (Wildman–Crippen MR) is 59.5 cm³/mol. The third kappa shape index (κ3) is 2.92. The van der Waals surface area contributed by atoms with Gasteiger partial charge in [-0.05, 0) is 33.6 Å². The molecule has 1 saturated heterocycles. The Bertz CT molecular complexity index is 221. The first-order valence-electron chi connectivity index (χ1n) is 5.70. The summed E-state index contributed by atoms with van der Waals surface area (Å²) in [4.78, 5) is 14.0. The van der Waals surface area contributed by atoms with Gasteiger partial charge in [-0.25, -0.2) is 0 Å². The van der Waals surface area contributed by atoms with Crippen LogP contribution in [0.4, 0.5) is 0 Å². The number of ether oxygens (including phenoxy) is 1. The maximum absolute atomic E-state index is 11.6.